The molecular formula is C20H24ClFN4O3S2. The second-order valence-corrected chi connectivity index (χ2v) is 10.1. The van der Waals surface area contributed by atoms with Crippen LogP contribution in [0.25, 0.3) is 0 Å². The monoisotopic (exact) mass is 486 g/mol. The van der Waals surface area contributed by atoms with Gasteiger partial charge < -0.3 is 9.80 Å². The predicted molar refractivity (Wildman–Crippen MR) is 122 cm³/mol. The van der Waals surface area contributed by atoms with E-state index >= 15 is 0 Å². The van der Waals surface area contributed by atoms with Crippen molar-refractivity contribution >= 4 is 45.1 Å². The average molecular weight is 487 g/mol. The molecule has 7 nitrogen and oxygen atoms in total. The van der Waals surface area contributed by atoms with E-state index in [2.05, 4.69) is 9.71 Å². The van der Waals surface area contributed by atoms with Gasteiger partial charge in [0.25, 0.3) is 0 Å². The van der Waals surface area contributed by atoms with Gasteiger partial charge in [0.2, 0.25) is 15.9 Å². The smallest absolute Gasteiger partial charge is 0.244 e. The van der Waals surface area contributed by atoms with E-state index in [1.807, 2.05) is 23.3 Å². The predicted octanol–water partition coefficient (Wildman–Crippen LogP) is 2.62. The lowest BCUT2D eigenvalue weighted by atomic mass is 10.2. The normalized spacial score (nSPS) is 15.7. The van der Waals surface area contributed by atoms with Crippen molar-refractivity contribution < 1.29 is 17.6 Å². The zero-order chi connectivity index (χ0) is 22.4. The minimum absolute atomic E-state index is 0.309. The van der Waals surface area contributed by atoms with Crippen LogP contribution in [0.2, 0.25) is 5.15 Å². The van der Waals surface area contributed by atoms with Crippen LogP contribution in [0.5, 0.6) is 0 Å². The Balaban J connectivity index is 1.69. The number of nitrogens with zero attached hydrogens (tertiary/aromatic N) is 3. The maximum atomic E-state index is 14.0. The molecule has 1 aliphatic heterocycles. The van der Waals surface area contributed by atoms with Crippen molar-refractivity contribution in [3.05, 3.63) is 53.4 Å². The highest BCUT2D eigenvalue weighted by Gasteiger charge is 2.32. The number of aromatic nitrogens is 1. The van der Waals surface area contributed by atoms with Gasteiger partial charge in [-0.3, -0.25) is 4.79 Å². The van der Waals surface area contributed by atoms with Crippen molar-refractivity contribution in [3.8, 4) is 0 Å². The van der Waals surface area contributed by atoms with Crippen molar-refractivity contribution in [2.24, 2.45) is 0 Å². The van der Waals surface area contributed by atoms with Gasteiger partial charge in [0.05, 0.1) is 0 Å². The van der Waals surface area contributed by atoms with Crippen LogP contribution in [-0.4, -0.2) is 68.4 Å². The number of hydrogen-bond donors (Lipinski definition) is 1. The van der Waals surface area contributed by atoms with Gasteiger partial charge in [0, 0.05) is 26.2 Å². The molecule has 1 atom stereocenters. The Labute approximate surface area is 191 Å². The van der Waals surface area contributed by atoms with Gasteiger partial charge in [-0.2, -0.15) is 16.5 Å². The van der Waals surface area contributed by atoms with Gasteiger partial charge in [-0.25, -0.2) is 17.8 Å². The third-order valence-electron chi connectivity index (χ3n) is 4.95. The van der Waals surface area contributed by atoms with Crippen LogP contribution in [0, 0.1) is 5.82 Å². The van der Waals surface area contributed by atoms with Crippen LogP contribution in [0.15, 0.2) is 47.4 Å². The largest absolute Gasteiger partial charge is 0.353 e. The summed E-state index contributed by atoms with van der Waals surface area (Å²) in [6.07, 6.45) is 2.19. The highest BCUT2D eigenvalue weighted by atomic mass is 35.5. The first-order valence-corrected chi connectivity index (χ1v) is 13.0. The molecule has 11 heteroatoms. The van der Waals surface area contributed by atoms with Crippen molar-refractivity contribution in [1.29, 1.82) is 0 Å². The molecule has 1 aromatic carbocycles. The molecule has 168 valence electrons. The molecule has 1 saturated heterocycles. The minimum atomic E-state index is -4.18. The zero-order valence-electron chi connectivity index (χ0n) is 17.0. The number of rotatable bonds is 8. The standard InChI is InChI=1S/C20H24ClFN4O3S2/c1-30-14-9-16(24-31(28,29)17-6-3-2-5-15(17)22)20(27)26-12-10-25(11-13-26)19-8-4-7-18(21)23-19/h2-8,16,24H,9-14H2,1H3. The number of hydrogen-bond acceptors (Lipinski definition) is 6. The summed E-state index contributed by atoms with van der Waals surface area (Å²) in [6.45, 7) is 1.94. The number of thioether (sulfide) groups is 1. The number of benzene rings is 1. The molecule has 1 N–H and O–H groups in total. The van der Waals surface area contributed by atoms with Crippen LogP contribution in [-0.2, 0) is 14.8 Å². The Morgan fingerprint density at radius 3 is 2.55 bits per heavy atom. The number of piperazine rings is 1. The quantitative estimate of drug-likeness (QED) is 0.577. The van der Waals surface area contributed by atoms with Gasteiger partial charge in [-0.15, -0.1) is 0 Å². The molecule has 1 unspecified atom stereocenters. The average Bonchev–Trinajstić information content (AvgIpc) is 2.76. The number of carbonyl (C=O) groups excluding carboxylic acids is 1. The molecule has 1 amide bonds. The molecule has 31 heavy (non-hydrogen) atoms. The lowest BCUT2D eigenvalue weighted by Gasteiger charge is -2.37. The summed E-state index contributed by atoms with van der Waals surface area (Å²) in [6, 6.07) is 9.53. The summed E-state index contributed by atoms with van der Waals surface area (Å²) in [4.78, 5) is 20.6. The fourth-order valence-corrected chi connectivity index (χ4v) is 5.27. The van der Waals surface area contributed by atoms with E-state index in [1.165, 1.54) is 30.0 Å². The van der Waals surface area contributed by atoms with Gasteiger partial charge in [0.1, 0.15) is 27.7 Å². The lowest BCUT2D eigenvalue weighted by Crippen LogP contribution is -2.55. The molecule has 0 saturated carbocycles. The van der Waals surface area contributed by atoms with E-state index in [-0.39, 0.29) is 5.91 Å². The first-order chi connectivity index (χ1) is 14.8. The van der Waals surface area contributed by atoms with E-state index in [1.54, 1.807) is 11.0 Å². The van der Waals surface area contributed by atoms with Crippen molar-refractivity contribution in [3.63, 3.8) is 0 Å². The lowest BCUT2D eigenvalue weighted by molar-refractivity contribution is -0.133. The summed E-state index contributed by atoms with van der Waals surface area (Å²) in [7, 11) is -4.18. The second-order valence-electron chi connectivity index (χ2n) is 7.02. The topological polar surface area (TPSA) is 82.6 Å². The maximum absolute atomic E-state index is 14.0. The molecule has 3 rings (SSSR count). The maximum Gasteiger partial charge on any atom is 0.244 e. The molecule has 2 aromatic rings. The fourth-order valence-electron chi connectivity index (χ4n) is 3.33. The number of carbonyl (C=O) groups is 1. The molecule has 2 heterocycles. The summed E-state index contributed by atoms with van der Waals surface area (Å²) >= 11 is 7.47. The van der Waals surface area contributed by atoms with Gasteiger partial charge in [-0.05, 0) is 42.7 Å². The Hall–Kier alpha value is -1.88. The molecule has 0 radical (unpaired) electrons. The molecule has 0 spiro atoms. The van der Waals surface area contributed by atoms with Crippen LogP contribution in [0.3, 0.4) is 0 Å². The number of pyridine rings is 1. The Bertz CT molecular complexity index is 1020. The summed E-state index contributed by atoms with van der Waals surface area (Å²) in [5.41, 5.74) is 0. The van der Waals surface area contributed by atoms with Gasteiger partial charge in [-0.1, -0.05) is 29.8 Å². The van der Waals surface area contributed by atoms with E-state index in [9.17, 15) is 17.6 Å². The Kier molecular flexibility index (Phi) is 8.15. The highest BCUT2D eigenvalue weighted by molar-refractivity contribution is 7.98. The summed E-state index contributed by atoms with van der Waals surface area (Å²) < 4.78 is 41.9. The molecule has 1 fully saturated rings. The van der Waals surface area contributed by atoms with E-state index in [0.717, 1.165) is 11.9 Å². The van der Waals surface area contributed by atoms with E-state index < -0.39 is 26.8 Å². The highest BCUT2D eigenvalue weighted by Crippen LogP contribution is 2.19. The van der Waals surface area contributed by atoms with Gasteiger partial charge in [0.15, 0.2) is 0 Å². The third kappa shape index (κ3) is 6.09. The number of sulfonamides is 1. The van der Waals surface area contributed by atoms with Crippen molar-refractivity contribution in [2.75, 3.05) is 43.1 Å². The second kappa shape index (κ2) is 10.6. The zero-order valence-corrected chi connectivity index (χ0v) is 19.4. The number of amides is 1. The number of nitrogens with one attached hydrogen (secondary N) is 1. The third-order valence-corrected chi connectivity index (χ3v) is 7.31. The van der Waals surface area contributed by atoms with Crippen LogP contribution in [0.1, 0.15) is 6.42 Å². The number of halogens is 2. The minimum Gasteiger partial charge on any atom is -0.353 e. The molecular weight excluding hydrogens is 463 g/mol. The van der Waals surface area contributed by atoms with E-state index in [0.29, 0.717) is 43.5 Å². The van der Waals surface area contributed by atoms with Crippen LogP contribution < -0.4 is 9.62 Å². The van der Waals surface area contributed by atoms with Crippen molar-refractivity contribution in [1.82, 2.24) is 14.6 Å². The number of anilines is 1. The molecule has 0 bridgehead atoms. The molecule has 1 aromatic heterocycles. The summed E-state index contributed by atoms with van der Waals surface area (Å²) in [5, 5.41) is 0.399. The van der Waals surface area contributed by atoms with Crippen LogP contribution in [0.4, 0.5) is 10.2 Å². The molecule has 0 aliphatic carbocycles. The van der Waals surface area contributed by atoms with Crippen molar-refractivity contribution in [2.45, 2.75) is 17.4 Å². The van der Waals surface area contributed by atoms with E-state index in [4.69, 9.17) is 11.6 Å². The molecule has 1 aliphatic rings. The Morgan fingerprint density at radius 2 is 1.90 bits per heavy atom. The first-order valence-electron chi connectivity index (χ1n) is 9.74. The van der Waals surface area contributed by atoms with Gasteiger partial charge >= 0.3 is 0 Å². The SMILES string of the molecule is CSCCC(NS(=O)(=O)c1ccccc1F)C(=O)N1CCN(c2cccc(Cl)n2)CC1. The van der Waals surface area contributed by atoms with Crippen LogP contribution >= 0.6 is 23.4 Å². The Morgan fingerprint density at radius 1 is 1.19 bits per heavy atom. The summed E-state index contributed by atoms with van der Waals surface area (Å²) in [5.74, 6) is 0.156. The first kappa shape index (κ1) is 23.8. The fraction of sp³-hybridized carbons (Fsp3) is 0.400.